The van der Waals surface area contributed by atoms with Gasteiger partial charge in [-0.05, 0) is 42.9 Å². The molecule has 3 heterocycles. The highest BCUT2D eigenvalue weighted by atomic mass is 35.5. The zero-order valence-corrected chi connectivity index (χ0v) is 19.0. The lowest BCUT2D eigenvalue weighted by molar-refractivity contribution is -0.136. The van der Waals surface area contributed by atoms with Crippen LogP contribution < -0.4 is 5.32 Å². The Morgan fingerprint density at radius 2 is 2.13 bits per heavy atom. The molecule has 2 atom stereocenters. The predicted octanol–water partition coefficient (Wildman–Crippen LogP) is 3.77. The minimum atomic E-state index is -0.454. The van der Waals surface area contributed by atoms with Crippen LogP contribution in [0.3, 0.4) is 0 Å². The number of amidine groups is 1. The van der Waals surface area contributed by atoms with Gasteiger partial charge in [-0.3, -0.25) is 4.79 Å². The summed E-state index contributed by atoms with van der Waals surface area (Å²) in [6.45, 7) is 3.06. The Hall–Kier alpha value is -2.29. The maximum Gasteiger partial charge on any atom is 0.338 e. The van der Waals surface area contributed by atoms with Gasteiger partial charge in [0.05, 0.1) is 36.9 Å². The zero-order valence-electron chi connectivity index (χ0n) is 17.4. The van der Waals surface area contributed by atoms with Crippen LogP contribution in [-0.4, -0.2) is 48.3 Å². The van der Waals surface area contributed by atoms with Gasteiger partial charge in [-0.15, -0.1) is 0 Å². The second kappa shape index (κ2) is 9.46. The van der Waals surface area contributed by atoms with Crippen molar-refractivity contribution in [1.82, 2.24) is 10.2 Å². The number of carbonyl (C=O) groups is 2. The number of hydrogen-bond acceptors (Lipinski definition) is 7. The van der Waals surface area contributed by atoms with E-state index in [1.54, 1.807) is 19.1 Å². The van der Waals surface area contributed by atoms with Crippen LogP contribution in [0.1, 0.15) is 37.8 Å². The summed E-state index contributed by atoms with van der Waals surface area (Å²) in [5.74, 6) is -0.538. The van der Waals surface area contributed by atoms with Crippen LogP contribution in [0.2, 0.25) is 5.02 Å². The largest absolute Gasteiger partial charge is 0.466 e. The number of methoxy groups -OCH3 is 1. The van der Waals surface area contributed by atoms with Crippen molar-refractivity contribution in [2.45, 2.75) is 38.3 Å². The maximum atomic E-state index is 12.7. The maximum absolute atomic E-state index is 12.7. The Balaban J connectivity index is 1.59. The number of rotatable bonds is 6. The molecule has 0 unspecified atom stereocenters. The molecule has 0 aliphatic carbocycles. The van der Waals surface area contributed by atoms with Crippen molar-refractivity contribution in [2.75, 3.05) is 20.3 Å². The van der Waals surface area contributed by atoms with E-state index in [1.165, 1.54) is 18.9 Å². The molecule has 1 aromatic rings. The summed E-state index contributed by atoms with van der Waals surface area (Å²) in [7, 11) is 1.36. The Bertz CT molecular complexity index is 967. The number of halogens is 1. The summed E-state index contributed by atoms with van der Waals surface area (Å²) in [5.41, 5.74) is 2.69. The molecule has 7 nitrogen and oxygen atoms in total. The molecule has 1 N–H and O–H groups in total. The molecule has 1 aromatic carbocycles. The molecule has 4 rings (SSSR count). The number of nitrogens with one attached hydrogen (secondary N) is 1. The van der Waals surface area contributed by atoms with E-state index in [-0.39, 0.29) is 18.4 Å². The third kappa shape index (κ3) is 4.66. The summed E-state index contributed by atoms with van der Waals surface area (Å²) in [6.07, 6.45) is 2.26. The van der Waals surface area contributed by atoms with Crippen LogP contribution in [-0.2, 0) is 19.1 Å². The van der Waals surface area contributed by atoms with Crippen molar-refractivity contribution >= 4 is 40.4 Å². The third-order valence-corrected chi connectivity index (χ3v) is 6.62. The summed E-state index contributed by atoms with van der Waals surface area (Å²) in [6, 6.07) is 6.87. The minimum absolute atomic E-state index is 0.0846. The fourth-order valence-corrected chi connectivity index (χ4v) is 5.05. The number of amides is 1. The smallest absolute Gasteiger partial charge is 0.338 e. The van der Waals surface area contributed by atoms with E-state index in [0.29, 0.717) is 22.8 Å². The van der Waals surface area contributed by atoms with E-state index in [0.717, 1.165) is 35.9 Å². The fraction of sp³-hybridized carbons (Fsp3) is 0.409. The summed E-state index contributed by atoms with van der Waals surface area (Å²) < 4.78 is 10.6. The summed E-state index contributed by atoms with van der Waals surface area (Å²) >= 11 is 7.53. The van der Waals surface area contributed by atoms with Gasteiger partial charge in [0.1, 0.15) is 0 Å². The highest BCUT2D eigenvalue weighted by Crippen LogP contribution is 2.44. The number of benzene rings is 1. The molecule has 1 amide bonds. The Labute approximate surface area is 190 Å². The van der Waals surface area contributed by atoms with Gasteiger partial charge in [0.15, 0.2) is 5.17 Å². The molecule has 9 heteroatoms. The van der Waals surface area contributed by atoms with Gasteiger partial charge in [-0.1, -0.05) is 35.5 Å². The van der Waals surface area contributed by atoms with E-state index < -0.39 is 12.0 Å². The van der Waals surface area contributed by atoms with Crippen molar-refractivity contribution in [1.29, 1.82) is 0 Å². The number of thioether (sulfide) groups is 1. The number of nitrogens with zero attached hydrogens (tertiary/aromatic N) is 2. The van der Waals surface area contributed by atoms with Crippen molar-refractivity contribution in [2.24, 2.45) is 4.99 Å². The predicted molar refractivity (Wildman–Crippen MR) is 120 cm³/mol. The molecule has 0 bridgehead atoms. The number of allylic oxidation sites excluding steroid dienone is 1. The third-order valence-electron chi connectivity index (χ3n) is 5.48. The quantitative estimate of drug-likeness (QED) is 0.649. The molecule has 1 fully saturated rings. The van der Waals surface area contributed by atoms with E-state index in [4.69, 9.17) is 21.1 Å². The Morgan fingerprint density at radius 1 is 1.35 bits per heavy atom. The minimum Gasteiger partial charge on any atom is -0.466 e. The van der Waals surface area contributed by atoms with Gasteiger partial charge in [0, 0.05) is 23.9 Å². The van der Waals surface area contributed by atoms with Gasteiger partial charge >= 0.3 is 5.97 Å². The van der Waals surface area contributed by atoms with Crippen molar-refractivity contribution in [3.63, 3.8) is 0 Å². The molecular weight excluding hydrogens is 438 g/mol. The SMILES string of the molecule is COC(=O)C1=C(C)N=C2SC=C(CC(=O)NC[C@@H]3CCCO3)N2[C@@H]1c1ccc(Cl)cc1. The second-order valence-corrected chi connectivity index (χ2v) is 8.83. The average Bonchev–Trinajstić information content (AvgIpc) is 3.42. The molecule has 0 radical (unpaired) electrons. The molecule has 0 saturated carbocycles. The first-order valence-electron chi connectivity index (χ1n) is 10.1. The van der Waals surface area contributed by atoms with Crippen LogP contribution in [0.15, 0.2) is 51.6 Å². The van der Waals surface area contributed by atoms with Gasteiger partial charge in [-0.25, -0.2) is 9.79 Å². The van der Waals surface area contributed by atoms with Gasteiger partial charge in [0.2, 0.25) is 5.91 Å². The second-order valence-electron chi connectivity index (χ2n) is 7.55. The molecule has 31 heavy (non-hydrogen) atoms. The lowest BCUT2D eigenvalue weighted by Crippen LogP contribution is -2.38. The number of aliphatic imine (C=N–C) groups is 1. The monoisotopic (exact) mass is 461 g/mol. The number of fused-ring (bicyclic) bond motifs is 1. The lowest BCUT2D eigenvalue weighted by atomic mass is 9.94. The van der Waals surface area contributed by atoms with Crippen molar-refractivity contribution in [3.05, 3.63) is 57.2 Å². The van der Waals surface area contributed by atoms with E-state index in [2.05, 4.69) is 10.3 Å². The van der Waals surface area contributed by atoms with Crippen molar-refractivity contribution < 1.29 is 19.1 Å². The first kappa shape index (κ1) is 21.9. The normalized spacial score (nSPS) is 22.7. The number of carbonyl (C=O) groups excluding carboxylic acids is 2. The average molecular weight is 462 g/mol. The van der Waals surface area contributed by atoms with Crippen LogP contribution in [0.4, 0.5) is 0 Å². The number of hydrogen-bond donors (Lipinski definition) is 1. The Kier molecular flexibility index (Phi) is 6.69. The molecular formula is C22H24ClN3O4S. The lowest BCUT2D eigenvalue weighted by Gasteiger charge is -2.36. The standard InChI is InChI=1S/C22H24ClN3O4S/c1-13-19(21(28)29-2)20(14-5-7-15(23)8-6-14)26-16(12-31-22(26)25-13)10-18(27)24-11-17-4-3-9-30-17/h5-8,12,17,20H,3-4,9-11H2,1-2H3,(H,24,27)/t17-,20+/m0/s1. The van der Waals surface area contributed by atoms with E-state index >= 15 is 0 Å². The highest BCUT2D eigenvalue weighted by molar-refractivity contribution is 8.16. The summed E-state index contributed by atoms with van der Waals surface area (Å²) in [4.78, 5) is 31.9. The van der Waals surface area contributed by atoms with Crippen LogP contribution in [0.25, 0.3) is 0 Å². The summed E-state index contributed by atoms with van der Waals surface area (Å²) in [5, 5.41) is 6.21. The molecule has 3 aliphatic heterocycles. The first-order chi connectivity index (χ1) is 15.0. The van der Waals surface area contributed by atoms with Crippen molar-refractivity contribution in [3.8, 4) is 0 Å². The Morgan fingerprint density at radius 3 is 2.81 bits per heavy atom. The van der Waals surface area contributed by atoms with Crippen LogP contribution >= 0.6 is 23.4 Å². The molecule has 3 aliphatic rings. The van der Waals surface area contributed by atoms with Gasteiger partial charge in [-0.2, -0.15) is 0 Å². The first-order valence-corrected chi connectivity index (χ1v) is 11.4. The van der Waals surface area contributed by atoms with E-state index in [1.807, 2.05) is 22.4 Å². The molecule has 0 spiro atoms. The van der Waals surface area contributed by atoms with Gasteiger partial charge < -0.3 is 19.7 Å². The van der Waals surface area contributed by atoms with Crippen LogP contribution in [0.5, 0.6) is 0 Å². The number of esters is 1. The zero-order chi connectivity index (χ0) is 22.0. The van der Waals surface area contributed by atoms with Crippen LogP contribution in [0, 0.1) is 0 Å². The fourth-order valence-electron chi connectivity index (χ4n) is 3.96. The number of ether oxygens (including phenoxy) is 2. The molecule has 1 saturated heterocycles. The highest BCUT2D eigenvalue weighted by Gasteiger charge is 2.41. The molecule has 0 aromatic heterocycles. The van der Waals surface area contributed by atoms with Gasteiger partial charge in [0.25, 0.3) is 0 Å². The van der Waals surface area contributed by atoms with E-state index in [9.17, 15) is 9.59 Å². The topological polar surface area (TPSA) is 80.2 Å². The molecule has 164 valence electrons.